The molecule has 2 aliphatic heterocycles. The van der Waals surface area contributed by atoms with Crippen LogP contribution in [0.3, 0.4) is 0 Å². The van der Waals surface area contributed by atoms with E-state index in [1.807, 2.05) is 0 Å². The van der Waals surface area contributed by atoms with E-state index in [-0.39, 0.29) is 5.60 Å². The molecule has 1 spiro atoms. The van der Waals surface area contributed by atoms with Crippen molar-refractivity contribution in [2.75, 3.05) is 26.4 Å². The Bertz CT molecular complexity index is 457. The number of nitrogens with zero attached hydrogens (tertiary/aromatic N) is 1. The molecule has 5 heteroatoms. The van der Waals surface area contributed by atoms with E-state index in [0.29, 0.717) is 12.0 Å². The molecular formula is C16H26N2O2S. The van der Waals surface area contributed by atoms with Crippen LogP contribution in [0.5, 0.6) is 0 Å². The van der Waals surface area contributed by atoms with E-state index in [1.165, 1.54) is 5.69 Å². The Hall–Kier alpha value is -0.490. The van der Waals surface area contributed by atoms with E-state index in [1.54, 1.807) is 11.3 Å². The van der Waals surface area contributed by atoms with Crippen molar-refractivity contribution in [3.8, 4) is 0 Å². The number of ether oxygens (including phenoxy) is 2. The molecule has 0 radical (unpaired) electrons. The third-order valence-corrected chi connectivity index (χ3v) is 5.43. The van der Waals surface area contributed by atoms with E-state index in [4.69, 9.17) is 14.5 Å². The van der Waals surface area contributed by atoms with Crippen LogP contribution in [0.2, 0.25) is 0 Å². The Labute approximate surface area is 131 Å². The summed E-state index contributed by atoms with van der Waals surface area (Å²) in [5.74, 6) is 0.591. The predicted octanol–water partition coefficient (Wildman–Crippen LogP) is 3.08. The smallest absolute Gasteiger partial charge is 0.0940 e. The van der Waals surface area contributed by atoms with Gasteiger partial charge in [-0.25, -0.2) is 4.98 Å². The summed E-state index contributed by atoms with van der Waals surface area (Å²) in [6.45, 7) is 7.80. The SMILES string of the molecule is CCCNC(c1csc(C)n1)C1CCOC2(CCOC2)C1. The van der Waals surface area contributed by atoms with Gasteiger partial charge in [-0.15, -0.1) is 11.3 Å². The second kappa shape index (κ2) is 6.73. The summed E-state index contributed by atoms with van der Waals surface area (Å²) in [6.07, 6.45) is 4.39. The number of aromatic nitrogens is 1. The quantitative estimate of drug-likeness (QED) is 0.907. The van der Waals surface area contributed by atoms with Crippen molar-refractivity contribution in [1.82, 2.24) is 10.3 Å². The molecule has 3 rings (SSSR count). The molecule has 1 N–H and O–H groups in total. The van der Waals surface area contributed by atoms with Gasteiger partial charge in [0.15, 0.2) is 0 Å². The Balaban J connectivity index is 1.75. The maximum absolute atomic E-state index is 6.08. The highest BCUT2D eigenvalue weighted by molar-refractivity contribution is 7.09. The minimum atomic E-state index is -0.0277. The molecule has 2 saturated heterocycles. The van der Waals surface area contributed by atoms with Crippen LogP contribution in [0.1, 0.15) is 49.4 Å². The number of thiazole rings is 1. The van der Waals surface area contributed by atoms with E-state index >= 15 is 0 Å². The summed E-state index contributed by atoms with van der Waals surface area (Å²) in [6, 6.07) is 0.358. The van der Waals surface area contributed by atoms with Crippen LogP contribution >= 0.6 is 11.3 Å². The normalized spacial score (nSPS) is 30.9. The molecule has 118 valence electrons. The van der Waals surface area contributed by atoms with Gasteiger partial charge < -0.3 is 14.8 Å². The van der Waals surface area contributed by atoms with Crippen molar-refractivity contribution < 1.29 is 9.47 Å². The van der Waals surface area contributed by atoms with Crippen molar-refractivity contribution in [2.24, 2.45) is 5.92 Å². The average molecular weight is 310 g/mol. The third kappa shape index (κ3) is 3.47. The highest BCUT2D eigenvalue weighted by Gasteiger charge is 2.43. The first-order chi connectivity index (χ1) is 10.2. The molecule has 0 amide bonds. The molecule has 0 bridgehead atoms. The number of aryl methyl sites for hydroxylation is 1. The molecule has 3 atom stereocenters. The summed E-state index contributed by atoms with van der Waals surface area (Å²) >= 11 is 1.75. The lowest BCUT2D eigenvalue weighted by Gasteiger charge is -2.40. The largest absolute Gasteiger partial charge is 0.378 e. The molecule has 2 fully saturated rings. The van der Waals surface area contributed by atoms with Crippen LogP contribution in [0.4, 0.5) is 0 Å². The van der Waals surface area contributed by atoms with Gasteiger partial charge in [-0.2, -0.15) is 0 Å². The molecule has 3 heterocycles. The Morgan fingerprint density at radius 2 is 2.43 bits per heavy atom. The first-order valence-corrected chi connectivity index (χ1v) is 8.97. The molecule has 0 aromatic carbocycles. The molecule has 0 aliphatic carbocycles. The Kier molecular flexibility index (Phi) is 4.94. The van der Waals surface area contributed by atoms with Crippen LogP contribution in [0.25, 0.3) is 0 Å². The zero-order valence-corrected chi connectivity index (χ0v) is 13.9. The zero-order valence-electron chi connectivity index (χ0n) is 13.1. The Morgan fingerprint density at radius 3 is 3.10 bits per heavy atom. The van der Waals surface area contributed by atoms with Crippen LogP contribution in [0.15, 0.2) is 5.38 Å². The van der Waals surface area contributed by atoms with Gasteiger partial charge in [0.1, 0.15) is 0 Å². The monoisotopic (exact) mass is 310 g/mol. The van der Waals surface area contributed by atoms with Crippen molar-refractivity contribution >= 4 is 11.3 Å². The van der Waals surface area contributed by atoms with Crippen LogP contribution in [-0.2, 0) is 9.47 Å². The fraction of sp³-hybridized carbons (Fsp3) is 0.812. The van der Waals surface area contributed by atoms with Gasteiger partial charge in [0.2, 0.25) is 0 Å². The van der Waals surface area contributed by atoms with Gasteiger partial charge in [-0.05, 0) is 38.6 Å². The molecule has 3 unspecified atom stereocenters. The summed E-state index contributed by atoms with van der Waals surface area (Å²) < 4.78 is 11.7. The molecule has 1 aromatic rings. The lowest BCUT2D eigenvalue weighted by molar-refractivity contribution is -0.103. The summed E-state index contributed by atoms with van der Waals surface area (Å²) in [5.41, 5.74) is 1.19. The first kappa shape index (κ1) is 15.4. The second-order valence-electron chi connectivity index (χ2n) is 6.31. The van der Waals surface area contributed by atoms with Crippen LogP contribution in [0, 0.1) is 12.8 Å². The first-order valence-electron chi connectivity index (χ1n) is 8.09. The van der Waals surface area contributed by atoms with Crippen LogP contribution in [-0.4, -0.2) is 37.0 Å². The van der Waals surface area contributed by atoms with Gasteiger partial charge in [0.05, 0.1) is 29.0 Å². The van der Waals surface area contributed by atoms with Crippen molar-refractivity contribution in [1.29, 1.82) is 0 Å². The van der Waals surface area contributed by atoms with E-state index in [0.717, 1.165) is 57.1 Å². The predicted molar refractivity (Wildman–Crippen MR) is 84.7 cm³/mol. The number of nitrogens with one attached hydrogen (secondary N) is 1. The fourth-order valence-electron chi connectivity index (χ4n) is 3.55. The average Bonchev–Trinajstić information content (AvgIpc) is 3.10. The van der Waals surface area contributed by atoms with E-state index in [2.05, 4.69) is 24.5 Å². The maximum atomic E-state index is 6.08. The topological polar surface area (TPSA) is 43.4 Å². The van der Waals surface area contributed by atoms with Gasteiger partial charge in [0, 0.05) is 25.0 Å². The summed E-state index contributed by atoms with van der Waals surface area (Å²) in [5, 5.41) is 7.09. The van der Waals surface area contributed by atoms with Gasteiger partial charge >= 0.3 is 0 Å². The lowest BCUT2D eigenvalue weighted by atomic mass is 9.80. The lowest BCUT2D eigenvalue weighted by Crippen LogP contribution is -2.44. The molecule has 0 saturated carbocycles. The van der Waals surface area contributed by atoms with Crippen molar-refractivity contribution in [3.63, 3.8) is 0 Å². The highest BCUT2D eigenvalue weighted by Crippen LogP contribution is 2.41. The molecule has 4 nitrogen and oxygen atoms in total. The molecule has 1 aromatic heterocycles. The van der Waals surface area contributed by atoms with Gasteiger partial charge in [0.25, 0.3) is 0 Å². The van der Waals surface area contributed by atoms with Crippen LogP contribution < -0.4 is 5.32 Å². The molecular weight excluding hydrogens is 284 g/mol. The van der Waals surface area contributed by atoms with E-state index < -0.39 is 0 Å². The second-order valence-corrected chi connectivity index (χ2v) is 7.37. The zero-order chi connectivity index (χ0) is 14.7. The van der Waals surface area contributed by atoms with Gasteiger partial charge in [-0.1, -0.05) is 6.92 Å². The standard InChI is InChI=1S/C16H26N2O2S/c1-3-6-17-15(14-10-21-12(2)18-14)13-4-7-20-16(9-13)5-8-19-11-16/h10,13,15,17H,3-9,11H2,1-2H3. The van der Waals surface area contributed by atoms with Crippen molar-refractivity contribution in [3.05, 3.63) is 16.1 Å². The number of hydrogen-bond donors (Lipinski definition) is 1. The Morgan fingerprint density at radius 1 is 1.52 bits per heavy atom. The summed E-state index contributed by atoms with van der Waals surface area (Å²) in [4.78, 5) is 4.74. The minimum absolute atomic E-state index is 0.0277. The third-order valence-electron chi connectivity index (χ3n) is 4.64. The fourth-order valence-corrected chi connectivity index (χ4v) is 4.20. The van der Waals surface area contributed by atoms with Gasteiger partial charge in [-0.3, -0.25) is 0 Å². The van der Waals surface area contributed by atoms with Crippen molar-refractivity contribution in [2.45, 2.75) is 51.2 Å². The number of rotatable bonds is 5. The molecule has 21 heavy (non-hydrogen) atoms. The maximum Gasteiger partial charge on any atom is 0.0940 e. The molecule has 2 aliphatic rings. The summed E-state index contributed by atoms with van der Waals surface area (Å²) in [7, 11) is 0. The number of hydrogen-bond acceptors (Lipinski definition) is 5. The minimum Gasteiger partial charge on any atom is -0.378 e. The van der Waals surface area contributed by atoms with E-state index in [9.17, 15) is 0 Å². The highest BCUT2D eigenvalue weighted by atomic mass is 32.1.